The van der Waals surface area contributed by atoms with Crippen LogP contribution in [-0.4, -0.2) is 23.9 Å². The highest BCUT2D eigenvalue weighted by atomic mass is 16.5. The summed E-state index contributed by atoms with van der Waals surface area (Å²) in [7, 11) is 0. The third-order valence-corrected chi connectivity index (χ3v) is 5.16. The molecule has 0 bridgehead atoms. The zero-order chi connectivity index (χ0) is 24.8. The Kier molecular flexibility index (Phi) is 7.88. The van der Waals surface area contributed by atoms with Crippen LogP contribution in [0.1, 0.15) is 61.1 Å². The smallest absolute Gasteiger partial charge is 0.302 e. The summed E-state index contributed by atoms with van der Waals surface area (Å²) in [6, 6.07) is 7.09. The summed E-state index contributed by atoms with van der Waals surface area (Å²) >= 11 is 0. The van der Waals surface area contributed by atoms with Gasteiger partial charge in [0.25, 0.3) is 0 Å². The van der Waals surface area contributed by atoms with Crippen molar-refractivity contribution >= 4 is 23.9 Å². The van der Waals surface area contributed by atoms with Crippen LogP contribution in [0.15, 0.2) is 24.3 Å². The van der Waals surface area contributed by atoms with E-state index in [1.165, 1.54) is 27.7 Å². The van der Waals surface area contributed by atoms with Crippen LogP contribution in [0.25, 0.3) is 0 Å². The van der Waals surface area contributed by atoms with E-state index in [1.54, 1.807) is 24.3 Å². The van der Waals surface area contributed by atoms with Crippen molar-refractivity contribution in [2.24, 2.45) is 0 Å². The Labute approximate surface area is 196 Å². The maximum Gasteiger partial charge on any atom is 0.302 e. The summed E-state index contributed by atoms with van der Waals surface area (Å²) in [4.78, 5) is 45.6. The average molecular weight is 470 g/mol. The molecule has 0 amide bonds. The van der Waals surface area contributed by atoms with Crippen molar-refractivity contribution in [3.63, 3.8) is 0 Å². The van der Waals surface area contributed by atoms with Crippen molar-refractivity contribution in [2.75, 3.05) is 0 Å². The predicted octanol–water partition coefficient (Wildman–Crippen LogP) is 3.64. The Hall–Kier alpha value is -3.88. The summed E-state index contributed by atoms with van der Waals surface area (Å²) in [6.07, 6.45) is 0.375. The Morgan fingerprint density at radius 3 is 1.21 bits per heavy atom. The summed E-state index contributed by atoms with van der Waals surface area (Å²) in [5.74, 6) is -0.760. The molecule has 34 heavy (non-hydrogen) atoms. The number of hydrogen-bond donors (Lipinski definition) is 0. The van der Waals surface area contributed by atoms with Crippen LogP contribution in [-0.2, 0) is 71.0 Å². The zero-order valence-electron chi connectivity index (χ0n) is 19.5. The van der Waals surface area contributed by atoms with E-state index in [-0.39, 0.29) is 26.4 Å². The third-order valence-electron chi connectivity index (χ3n) is 5.16. The highest BCUT2D eigenvalue weighted by Gasteiger charge is 2.28. The minimum atomic E-state index is -0.437. The van der Waals surface area contributed by atoms with Gasteiger partial charge in [0.2, 0.25) is 0 Å². The normalized spacial score (nSPS) is 11.4. The van der Waals surface area contributed by atoms with Gasteiger partial charge in [-0.1, -0.05) is 24.3 Å². The van der Waals surface area contributed by atoms with Crippen LogP contribution in [0.4, 0.5) is 0 Å². The first-order valence-electron chi connectivity index (χ1n) is 10.6. The minimum Gasteiger partial charge on any atom is -0.461 e. The van der Waals surface area contributed by atoms with E-state index in [0.717, 1.165) is 22.3 Å². The van der Waals surface area contributed by atoms with Gasteiger partial charge in [-0.15, -0.1) is 0 Å². The van der Waals surface area contributed by atoms with E-state index < -0.39 is 23.9 Å². The highest BCUT2D eigenvalue weighted by Crippen LogP contribution is 2.44. The van der Waals surface area contributed by atoms with E-state index in [0.29, 0.717) is 29.0 Å². The lowest BCUT2D eigenvalue weighted by Crippen LogP contribution is -2.15. The molecule has 3 rings (SSSR count). The molecule has 180 valence electrons. The molecule has 0 fully saturated rings. The van der Waals surface area contributed by atoms with Crippen molar-refractivity contribution in [2.45, 2.75) is 60.5 Å². The average Bonchev–Trinajstić information content (AvgIpc) is 2.77. The Morgan fingerprint density at radius 1 is 0.588 bits per heavy atom. The van der Waals surface area contributed by atoms with Crippen LogP contribution in [0.2, 0.25) is 0 Å². The highest BCUT2D eigenvalue weighted by molar-refractivity contribution is 5.68. The lowest BCUT2D eigenvalue weighted by atomic mass is 9.89. The van der Waals surface area contributed by atoms with Gasteiger partial charge in [0.1, 0.15) is 37.9 Å². The van der Waals surface area contributed by atoms with Gasteiger partial charge in [0.15, 0.2) is 0 Å². The second-order valence-corrected chi connectivity index (χ2v) is 7.78. The number of esters is 4. The standard InChI is InChI=1S/C25H26O9/c1-14(26)30-10-18-5-7-20(12-32-16(3)28)24-22(18)9-23-19(11-31-15(2)27)6-8-21(25(23)34-24)13-33-17(4)29/h5-8H,9-13H2,1-4H3. The molecule has 0 aliphatic carbocycles. The molecule has 0 spiro atoms. The molecule has 0 radical (unpaired) electrons. The molecule has 1 aliphatic rings. The molecule has 9 heteroatoms. The quantitative estimate of drug-likeness (QED) is 0.359. The maximum atomic E-state index is 11.4. The number of carbonyl (C=O) groups is 4. The fraction of sp³-hybridized carbons (Fsp3) is 0.360. The minimum absolute atomic E-state index is 0.00668. The Morgan fingerprint density at radius 2 is 0.882 bits per heavy atom. The number of fused-ring (bicyclic) bond motifs is 2. The first-order valence-corrected chi connectivity index (χ1v) is 10.6. The lowest BCUT2D eigenvalue weighted by Gasteiger charge is -2.28. The molecule has 0 unspecified atom stereocenters. The molecule has 0 aromatic heterocycles. The van der Waals surface area contributed by atoms with E-state index in [9.17, 15) is 19.2 Å². The molecule has 9 nitrogen and oxygen atoms in total. The molecule has 1 heterocycles. The van der Waals surface area contributed by atoms with Gasteiger partial charge in [0, 0.05) is 56.4 Å². The molecule has 2 aromatic rings. The Bertz CT molecular complexity index is 958. The van der Waals surface area contributed by atoms with Crippen molar-refractivity contribution in [1.29, 1.82) is 0 Å². The molecule has 2 aromatic carbocycles. The summed E-state index contributed by atoms with van der Waals surface area (Å²) in [6.45, 7) is 5.35. The maximum absolute atomic E-state index is 11.4. The lowest BCUT2D eigenvalue weighted by molar-refractivity contribution is -0.143. The van der Waals surface area contributed by atoms with Crippen LogP contribution in [0.5, 0.6) is 11.5 Å². The molecule has 0 saturated carbocycles. The number of hydrogen-bond acceptors (Lipinski definition) is 9. The molecule has 0 N–H and O–H groups in total. The largest absolute Gasteiger partial charge is 0.461 e. The molecular weight excluding hydrogens is 444 g/mol. The van der Waals surface area contributed by atoms with Crippen LogP contribution < -0.4 is 4.74 Å². The number of benzene rings is 2. The van der Waals surface area contributed by atoms with Crippen LogP contribution in [0, 0.1) is 0 Å². The van der Waals surface area contributed by atoms with Crippen molar-refractivity contribution in [3.8, 4) is 11.5 Å². The van der Waals surface area contributed by atoms with Gasteiger partial charge in [-0.25, -0.2) is 0 Å². The zero-order valence-corrected chi connectivity index (χ0v) is 19.5. The monoisotopic (exact) mass is 470 g/mol. The van der Waals surface area contributed by atoms with Gasteiger partial charge >= 0.3 is 23.9 Å². The second-order valence-electron chi connectivity index (χ2n) is 7.78. The number of rotatable bonds is 8. The molecular formula is C25H26O9. The molecule has 0 saturated heterocycles. The summed E-state index contributed by atoms with van der Waals surface area (Å²) < 4.78 is 27.1. The Balaban J connectivity index is 2.09. The first kappa shape index (κ1) is 24.8. The van der Waals surface area contributed by atoms with Gasteiger partial charge in [-0.3, -0.25) is 19.2 Å². The summed E-state index contributed by atoms with van der Waals surface area (Å²) in [5, 5.41) is 0. The van der Waals surface area contributed by atoms with Gasteiger partial charge in [-0.2, -0.15) is 0 Å². The second kappa shape index (κ2) is 10.8. The van der Waals surface area contributed by atoms with Gasteiger partial charge < -0.3 is 23.7 Å². The molecule has 1 aliphatic heterocycles. The predicted molar refractivity (Wildman–Crippen MR) is 118 cm³/mol. The third kappa shape index (κ3) is 6.12. The van der Waals surface area contributed by atoms with Gasteiger partial charge in [0.05, 0.1) is 0 Å². The fourth-order valence-corrected chi connectivity index (χ4v) is 3.57. The SMILES string of the molecule is CC(=O)OCc1ccc(COC(C)=O)c2c1Cc1c(COC(C)=O)ccc(COC(C)=O)c1O2. The van der Waals surface area contributed by atoms with E-state index in [1.807, 2.05) is 0 Å². The van der Waals surface area contributed by atoms with Crippen molar-refractivity contribution < 1.29 is 42.9 Å². The van der Waals surface area contributed by atoms with Crippen molar-refractivity contribution in [1.82, 2.24) is 0 Å². The van der Waals surface area contributed by atoms with Gasteiger partial charge in [-0.05, 0) is 11.1 Å². The topological polar surface area (TPSA) is 114 Å². The first-order chi connectivity index (χ1) is 16.2. The number of carbonyl (C=O) groups excluding carboxylic acids is 4. The van der Waals surface area contributed by atoms with E-state index in [2.05, 4.69) is 0 Å². The molecule has 0 atom stereocenters. The van der Waals surface area contributed by atoms with Crippen LogP contribution >= 0.6 is 0 Å². The van der Waals surface area contributed by atoms with Crippen molar-refractivity contribution in [3.05, 3.63) is 57.6 Å². The van der Waals surface area contributed by atoms with E-state index in [4.69, 9.17) is 23.7 Å². The van der Waals surface area contributed by atoms with E-state index >= 15 is 0 Å². The fourth-order valence-electron chi connectivity index (χ4n) is 3.57. The number of ether oxygens (including phenoxy) is 5. The van der Waals surface area contributed by atoms with Crippen LogP contribution in [0.3, 0.4) is 0 Å². The summed E-state index contributed by atoms with van der Waals surface area (Å²) in [5.41, 5.74) is 4.23.